The number of carbonyl (C=O) groups excluding carboxylic acids is 1. The first-order valence-electron chi connectivity index (χ1n) is 7.88. The van der Waals surface area contributed by atoms with Crippen molar-refractivity contribution in [3.05, 3.63) is 41.2 Å². The number of halogens is 2. The van der Waals surface area contributed by atoms with Gasteiger partial charge in [-0.2, -0.15) is 0 Å². The SMILES string of the molecule is Cl.NC/C(=C\F)CN1CCc2cc(C(=O)N3CCCC3)ccc21. The first kappa shape index (κ1) is 17.8. The van der Waals surface area contributed by atoms with E-state index in [1.165, 1.54) is 5.56 Å². The van der Waals surface area contributed by atoms with E-state index < -0.39 is 0 Å². The highest BCUT2D eigenvalue weighted by atomic mass is 35.5. The van der Waals surface area contributed by atoms with E-state index in [-0.39, 0.29) is 24.9 Å². The number of benzene rings is 1. The normalized spacial score (nSPS) is 17.2. The molecule has 4 nitrogen and oxygen atoms in total. The maximum absolute atomic E-state index is 12.7. The summed E-state index contributed by atoms with van der Waals surface area (Å²) >= 11 is 0. The average molecular weight is 340 g/mol. The monoisotopic (exact) mass is 339 g/mol. The van der Waals surface area contributed by atoms with Gasteiger partial charge in [-0.1, -0.05) is 0 Å². The molecule has 1 amide bonds. The molecule has 0 bridgehead atoms. The zero-order valence-electron chi connectivity index (χ0n) is 13.1. The van der Waals surface area contributed by atoms with Gasteiger partial charge in [-0.05, 0) is 48.6 Å². The molecule has 2 heterocycles. The van der Waals surface area contributed by atoms with Crippen LogP contribution in [0.3, 0.4) is 0 Å². The first-order valence-corrected chi connectivity index (χ1v) is 7.88. The van der Waals surface area contributed by atoms with E-state index in [9.17, 15) is 9.18 Å². The Balaban J connectivity index is 0.00000192. The topological polar surface area (TPSA) is 49.6 Å². The van der Waals surface area contributed by atoms with Crippen LogP contribution in [0.1, 0.15) is 28.8 Å². The average Bonchev–Trinajstić information content (AvgIpc) is 3.21. The van der Waals surface area contributed by atoms with Gasteiger partial charge < -0.3 is 15.5 Å². The van der Waals surface area contributed by atoms with Gasteiger partial charge in [-0.25, -0.2) is 4.39 Å². The van der Waals surface area contributed by atoms with Crippen LogP contribution in [0.4, 0.5) is 10.1 Å². The molecule has 0 saturated carbocycles. The summed E-state index contributed by atoms with van der Waals surface area (Å²) in [6.07, 6.45) is 3.69. The van der Waals surface area contributed by atoms with Crippen LogP contribution in [-0.4, -0.2) is 43.5 Å². The third kappa shape index (κ3) is 3.67. The summed E-state index contributed by atoms with van der Waals surface area (Å²) in [4.78, 5) is 16.5. The number of nitrogens with two attached hydrogens (primary N) is 1. The molecule has 2 aliphatic heterocycles. The molecule has 0 atom stereocenters. The maximum Gasteiger partial charge on any atom is 0.253 e. The first-order chi connectivity index (χ1) is 10.7. The lowest BCUT2D eigenvalue weighted by Crippen LogP contribution is -2.27. The summed E-state index contributed by atoms with van der Waals surface area (Å²) in [6, 6.07) is 5.87. The van der Waals surface area contributed by atoms with Crippen molar-refractivity contribution in [3.8, 4) is 0 Å². The van der Waals surface area contributed by atoms with Gasteiger partial charge in [0.25, 0.3) is 5.91 Å². The molecule has 0 spiro atoms. The summed E-state index contributed by atoms with van der Waals surface area (Å²) in [7, 11) is 0. The number of rotatable bonds is 4. The molecule has 1 fully saturated rings. The number of carbonyl (C=O) groups is 1. The van der Waals surface area contributed by atoms with Gasteiger partial charge in [0.15, 0.2) is 0 Å². The quantitative estimate of drug-likeness (QED) is 0.917. The van der Waals surface area contributed by atoms with Gasteiger partial charge in [0.05, 0.1) is 6.33 Å². The van der Waals surface area contributed by atoms with E-state index in [1.807, 2.05) is 23.1 Å². The molecule has 0 radical (unpaired) electrons. The van der Waals surface area contributed by atoms with Gasteiger partial charge in [0.1, 0.15) is 0 Å². The van der Waals surface area contributed by atoms with Crippen LogP contribution in [0.2, 0.25) is 0 Å². The lowest BCUT2D eigenvalue weighted by atomic mass is 10.1. The van der Waals surface area contributed by atoms with Crippen LogP contribution in [0.5, 0.6) is 0 Å². The van der Waals surface area contributed by atoms with Crippen molar-refractivity contribution in [1.29, 1.82) is 0 Å². The lowest BCUT2D eigenvalue weighted by Gasteiger charge is -2.21. The van der Waals surface area contributed by atoms with E-state index in [1.54, 1.807) is 0 Å². The van der Waals surface area contributed by atoms with E-state index >= 15 is 0 Å². The van der Waals surface area contributed by atoms with Crippen LogP contribution in [0.15, 0.2) is 30.1 Å². The molecule has 126 valence electrons. The number of fused-ring (bicyclic) bond motifs is 1. The number of hydrogen-bond donors (Lipinski definition) is 1. The largest absolute Gasteiger partial charge is 0.367 e. The van der Waals surface area contributed by atoms with Crippen molar-refractivity contribution in [2.45, 2.75) is 19.3 Å². The number of nitrogens with zero attached hydrogens (tertiary/aromatic N) is 2. The fourth-order valence-electron chi connectivity index (χ4n) is 3.26. The Labute approximate surface area is 142 Å². The summed E-state index contributed by atoms with van der Waals surface area (Å²) in [5.41, 5.74) is 9.14. The Morgan fingerprint density at radius 3 is 2.65 bits per heavy atom. The predicted octanol–water partition coefficient (Wildman–Crippen LogP) is 2.52. The highest BCUT2D eigenvalue weighted by Crippen LogP contribution is 2.30. The molecule has 2 aliphatic rings. The third-order valence-corrected chi connectivity index (χ3v) is 4.52. The van der Waals surface area contributed by atoms with Crippen LogP contribution in [0.25, 0.3) is 0 Å². The molecule has 0 unspecified atom stereocenters. The predicted molar refractivity (Wildman–Crippen MR) is 93.0 cm³/mol. The van der Waals surface area contributed by atoms with Crippen molar-refractivity contribution in [3.63, 3.8) is 0 Å². The fraction of sp³-hybridized carbons (Fsp3) is 0.471. The van der Waals surface area contributed by atoms with Crippen molar-refractivity contribution in [2.24, 2.45) is 5.73 Å². The van der Waals surface area contributed by atoms with Crippen LogP contribution >= 0.6 is 12.4 Å². The zero-order valence-corrected chi connectivity index (χ0v) is 13.9. The maximum atomic E-state index is 12.7. The smallest absolute Gasteiger partial charge is 0.253 e. The second-order valence-electron chi connectivity index (χ2n) is 5.99. The van der Waals surface area contributed by atoms with Gasteiger partial charge >= 0.3 is 0 Å². The van der Waals surface area contributed by atoms with Crippen molar-refractivity contribution < 1.29 is 9.18 Å². The summed E-state index contributed by atoms with van der Waals surface area (Å²) in [5.74, 6) is 0.130. The van der Waals surface area contributed by atoms with Crippen LogP contribution in [-0.2, 0) is 6.42 Å². The number of amides is 1. The van der Waals surface area contributed by atoms with Crippen LogP contribution < -0.4 is 10.6 Å². The molecule has 2 N–H and O–H groups in total. The number of anilines is 1. The van der Waals surface area contributed by atoms with Crippen molar-refractivity contribution >= 4 is 24.0 Å². The Kier molecular flexibility index (Phi) is 6.02. The van der Waals surface area contributed by atoms with E-state index in [0.717, 1.165) is 50.1 Å². The Hall–Kier alpha value is -1.59. The van der Waals surface area contributed by atoms with Crippen molar-refractivity contribution in [2.75, 3.05) is 37.6 Å². The molecule has 1 aromatic carbocycles. The van der Waals surface area contributed by atoms with Crippen LogP contribution in [0, 0.1) is 0 Å². The number of likely N-dealkylation sites (tertiary alicyclic amines) is 1. The Bertz CT molecular complexity index is 600. The van der Waals surface area contributed by atoms with E-state index in [4.69, 9.17) is 5.73 Å². The minimum Gasteiger partial charge on any atom is -0.367 e. The van der Waals surface area contributed by atoms with Gasteiger partial charge in [0.2, 0.25) is 0 Å². The lowest BCUT2D eigenvalue weighted by molar-refractivity contribution is 0.0793. The third-order valence-electron chi connectivity index (χ3n) is 4.52. The van der Waals surface area contributed by atoms with Crippen molar-refractivity contribution in [1.82, 2.24) is 4.90 Å². The minimum atomic E-state index is 0. The molecule has 1 saturated heterocycles. The molecule has 0 aromatic heterocycles. The van der Waals surface area contributed by atoms with Gasteiger partial charge in [-0.15, -0.1) is 12.4 Å². The molecule has 1 aromatic rings. The zero-order chi connectivity index (χ0) is 15.5. The molecular weight excluding hydrogens is 317 g/mol. The highest BCUT2D eigenvalue weighted by molar-refractivity contribution is 5.95. The molecule has 23 heavy (non-hydrogen) atoms. The molecule has 0 aliphatic carbocycles. The molecular formula is C17H23ClFN3O. The Morgan fingerprint density at radius 1 is 1.26 bits per heavy atom. The number of hydrogen-bond acceptors (Lipinski definition) is 3. The molecule has 6 heteroatoms. The minimum absolute atomic E-state index is 0. The van der Waals surface area contributed by atoms with E-state index in [0.29, 0.717) is 18.4 Å². The fourth-order valence-corrected chi connectivity index (χ4v) is 3.26. The van der Waals surface area contributed by atoms with E-state index in [2.05, 4.69) is 4.90 Å². The second kappa shape index (κ2) is 7.79. The van der Waals surface area contributed by atoms with Gasteiger partial charge in [0, 0.05) is 44.0 Å². The summed E-state index contributed by atoms with van der Waals surface area (Å²) in [5, 5.41) is 0. The summed E-state index contributed by atoms with van der Waals surface area (Å²) < 4.78 is 12.7. The molecule has 3 rings (SSSR count). The standard InChI is InChI=1S/C17H22FN3O.ClH/c18-10-13(11-19)12-21-8-5-14-9-15(3-4-16(14)21)17(22)20-6-1-2-7-20;/h3-4,9-10H,1-2,5-8,11-12,19H2;1H/b13-10+;. The Morgan fingerprint density at radius 2 is 2.00 bits per heavy atom. The second-order valence-corrected chi connectivity index (χ2v) is 5.99. The summed E-state index contributed by atoms with van der Waals surface area (Å²) in [6.45, 7) is 3.31. The van der Waals surface area contributed by atoms with Gasteiger partial charge in [-0.3, -0.25) is 4.79 Å². The highest BCUT2D eigenvalue weighted by Gasteiger charge is 2.24.